The van der Waals surface area contributed by atoms with Crippen molar-refractivity contribution < 1.29 is 13.2 Å². The molecule has 0 bridgehead atoms. The lowest BCUT2D eigenvalue weighted by atomic mass is 10.1. The Labute approximate surface area is 178 Å². The van der Waals surface area contributed by atoms with E-state index in [1.54, 1.807) is 24.3 Å². The first-order chi connectivity index (χ1) is 14.3. The lowest BCUT2D eigenvalue weighted by Gasteiger charge is -2.22. The molecular formula is C24H26N2O3S. The highest BCUT2D eigenvalue weighted by Crippen LogP contribution is 2.20. The van der Waals surface area contributed by atoms with Crippen molar-refractivity contribution in [2.24, 2.45) is 0 Å². The number of amides is 1. The fraction of sp³-hybridized carbons (Fsp3) is 0.208. The summed E-state index contributed by atoms with van der Waals surface area (Å²) in [5.41, 5.74) is 4.41. The third-order valence-corrected chi connectivity index (χ3v) is 6.65. The fourth-order valence-corrected chi connectivity index (χ4v) is 4.48. The molecule has 0 saturated heterocycles. The molecule has 1 amide bonds. The Morgan fingerprint density at radius 2 is 1.50 bits per heavy atom. The maximum atomic E-state index is 13.3. The average Bonchev–Trinajstić information content (AvgIpc) is 2.71. The zero-order chi connectivity index (χ0) is 21.7. The van der Waals surface area contributed by atoms with Gasteiger partial charge in [-0.25, -0.2) is 8.42 Å². The maximum absolute atomic E-state index is 13.3. The Hall–Kier alpha value is -2.96. The second-order valence-electron chi connectivity index (χ2n) is 7.44. The molecule has 0 heterocycles. The Balaban J connectivity index is 1.88. The molecule has 0 aliphatic carbocycles. The Kier molecular flexibility index (Phi) is 6.70. The number of benzene rings is 3. The minimum atomic E-state index is -3.85. The quantitative estimate of drug-likeness (QED) is 0.612. The van der Waals surface area contributed by atoms with Crippen LogP contribution < -0.4 is 5.32 Å². The smallest absolute Gasteiger partial charge is 0.243 e. The second-order valence-corrected chi connectivity index (χ2v) is 9.38. The van der Waals surface area contributed by atoms with Crippen LogP contribution in [0.2, 0.25) is 0 Å². The molecular weight excluding hydrogens is 396 g/mol. The van der Waals surface area contributed by atoms with Crippen molar-refractivity contribution >= 4 is 21.6 Å². The van der Waals surface area contributed by atoms with Crippen molar-refractivity contribution in [1.82, 2.24) is 4.31 Å². The van der Waals surface area contributed by atoms with E-state index >= 15 is 0 Å². The topological polar surface area (TPSA) is 66.5 Å². The summed E-state index contributed by atoms with van der Waals surface area (Å²) in [6, 6.07) is 21.7. The molecule has 3 aromatic rings. The number of aryl methyl sites for hydroxylation is 3. The molecule has 0 saturated carbocycles. The summed E-state index contributed by atoms with van der Waals surface area (Å²) < 4.78 is 27.8. The first-order valence-electron chi connectivity index (χ1n) is 9.73. The van der Waals surface area contributed by atoms with Gasteiger partial charge in [0.2, 0.25) is 15.9 Å². The number of carbonyl (C=O) groups excluding carboxylic acids is 1. The predicted molar refractivity (Wildman–Crippen MR) is 120 cm³/mol. The van der Waals surface area contributed by atoms with Gasteiger partial charge in [0.15, 0.2) is 0 Å². The van der Waals surface area contributed by atoms with Crippen molar-refractivity contribution in [2.45, 2.75) is 32.2 Å². The van der Waals surface area contributed by atoms with E-state index in [2.05, 4.69) is 5.32 Å². The summed E-state index contributed by atoms with van der Waals surface area (Å²) in [5, 5.41) is 2.85. The van der Waals surface area contributed by atoms with Gasteiger partial charge in [0.1, 0.15) is 0 Å². The van der Waals surface area contributed by atoms with E-state index in [0.717, 1.165) is 22.3 Å². The van der Waals surface area contributed by atoms with Crippen molar-refractivity contribution in [3.63, 3.8) is 0 Å². The number of hydrogen-bond donors (Lipinski definition) is 1. The van der Waals surface area contributed by atoms with Gasteiger partial charge in [-0.1, -0.05) is 60.2 Å². The highest BCUT2D eigenvalue weighted by molar-refractivity contribution is 7.89. The van der Waals surface area contributed by atoms with Gasteiger partial charge in [-0.2, -0.15) is 4.31 Å². The van der Waals surface area contributed by atoms with Crippen LogP contribution in [0.15, 0.2) is 77.7 Å². The Morgan fingerprint density at radius 3 is 2.17 bits per heavy atom. The van der Waals surface area contributed by atoms with Crippen LogP contribution >= 0.6 is 0 Å². The van der Waals surface area contributed by atoms with Crippen LogP contribution in [0.25, 0.3) is 0 Å². The van der Waals surface area contributed by atoms with Crippen LogP contribution in [0.3, 0.4) is 0 Å². The number of hydrogen-bond acceptors (Lipinski definition) is 3. The van der Waals surface area contributed by atoms with Crippen LogP contribution in [0, 0.1) is 20.8 Å². The van der Waals surface area contributed by atoms with Gasteiger partial charge < -0.3 is 5.32 Å². The molecule has 6 heteroatoms. The molecule has 0 fully saturated rings. The van der Waals surface area contributed by atoms with E-state index in [-0.39, 0.29) is 23.9 Å². The molecule has 3 aromatic carbocycles. The molecule has 156 valence electrons. The summed E-state index contributed by atoms with van der Waals surface area (Å²) in [5.74, 6) is -0.379. The van der Waals surface area contributed by atoms with E-state index in [4.69, 9.17) is 0 Å². The number of rotatable bonds is 7. The van der Waals surface area contributed by atoms with E-state index in [9.17, 15) is 13.2 Å². The lowest BCUT2D eigenvalue weighted by Crippen LogP contribution is -2.37. The zero-order valence-corrected chi connectivity index (χ0v) is 18.2. The van der Waals surface area contributed by atoms with Gasteiger partial charge in [-0.3, -0.25) is 4.79 Å². The van der Waals surface area contributed by atoms with Crippen molar-refractivity contribution in [1.29, 1.82) is 0 Å². The van der Waals surface area contributed by atoms with Gasteiger partial charge in [0, 0.05) is 12.2 Å². The van der Waals surface area contributed by atoms with Gasteiger partial charge in [-0.05, 0) is 55.7 Å². The van der Waals surface area contributed by atoms with Gasteiger partial charge in [0.05, 0.1) is 11.4 Å². The van der Waals surface area contributed by atoms with Crippen LogP contribution in [-0.4, -0.2) is 25.2 Å². The third kappa shape index (κ3) is 5.34. The molecule has 1 N–H and O–H groups in total. The first-order valence-corrected chi connectivity index (χ1v) is 11.2. The summed E-state index contributed by atoms with van der Waals surface area (Å²) in [6.45, 7) is 5.57. The highest BCUT2D eigenvalue weighted by Gasteiger charge is 2.27. The maximum Gasteiger partial charge on any atom is 0.243 e. The number of nitrogens with zero attached hydrogens (tertiary/aromatic N) is 1. The van der Waals surface area contributed by atoms with Crippen LogP contribution in [0.4, 0.5) is 5.69 Å². The molecule has 0 aliphatic rings. The zero-order valence-electron chi connectivity index (χ0n) is 17.4. The van der Waals surface area contributed by atoms with Crippen molar-refractivity contribution in [3.05, 3.63) is 95.1 Å². The minimum absolute atomic E-state index is 0.108. The van der Waals surface area contributed by atoms with Crippen molar-refractivity contribution in [2.75, 3.05) is 11.9 Å². The standard InChI is InChI=1S/C24H26N2O3S/c1-18-10-13-22(14-11-18)30(28,29)26(16-21-7-5-4-6-8-21)17-24(27)25-23-15-19(2)9-12-20(23)3/h4-15H,16-17H2,1-3H3,(H,25,27). The molecule has 0 aliphatic heterocycles. The van der Waals surface area contributed by atoms with E-state index < -0.39 is 10.0 Å². The number of nitrogens with one attached hydrogen (secondary N) is 1. The molecule has 0 aromatic heterocycles. The van der Waals surface area contributed by atoms with E-state index in [1.165, 1.54) is 4.31 Å². The molecule has 0 atom stereocenters. The Morgan fingerprint density at radius 1 is 0.867 bits per heavy atom. The predicted octanol–water partition coefficient (Wildman–Crippen LogP) is 4.44. The van der Waals surface area contributed by atoms with Crippen molar-refractivity contribution in [3.8, 4) is 0 Å². The average molecular weight is 423 g/mol. The summed E-state index contributed by atoms with van der Waals surface area (Å²) >= 11 is 0. The van der Waals surface area contributed by atoms with Gasteiger partial charge >= 0.3 is 0 Å². The largest absolute Gasteiger partial charge is 0.325 e. The van der Waals surface area contributed by atoms with E-state index in [0.29, 0.717) is 5.69 Å². The SMILES string of the molecule is Cc1ccc(S(=O)(=O)N(CC(=O)Nc2cc(C)ccc2C)Cc2ccccc2)cc1. The fourth-order valence-electron chi connectivity index (χ4n) is 3.09. The van der Waals surface area contributed by atoms with Gasteiger partial charge in [-0.15, -0.1) is 0 Å². The number of sulfonamides is 1. The monoisotopic (exact) mass is 422 g/mol. The Bertz CT molecular complexity index is 1120. The minimum Gasteiger partial charge on any atom is -0.325 e. The molecule has 30 heavy (non-hydrogen) atoms. The molecule has 5 nitrogen and oxygen atoms in total. The third-order valence-electron chi connectivity index (χ3n) is 4.85. The number of anilines is 1. The second kappa shape index (κ2) is 9.24. The normalized spacial score (nSPS) is 11.5. The van der Waals surface area contributed by atoms with Crippen LogP contribution in [0.1, 0.15) is 22.3 Å². The van der Waals surface area contributed by atoms with Crippen LogP contribution in [0.5, 0.6) is 0 Å². The molecule has 0 unspecified atom stereocenters. The summed E-state index contributed by atoms with van der Waals surface area (Å²) in [4.78, 5) is 13.0. The highest BCUT2D eigenvalue weighted by atomic mass is 32.2. The molecule has 0 spiro atoms. The number of carbonyl (C=O) groups is 1. The molecule has 3 rings (SSSR count). The summed E-state index contributed by atoms with van der Waals surface area (Å²) in [6.07, 6.45) is 0. The molecule has 0 radical (unpaired) electrons. The van der Waals surface area contributed by atoms with E-state index in [1.807, 2.05) is 69.3 Å². The lowest BCUT2D eigenvalue weighted by molar-refractivity contribution is -0.116. The first kappa shape index (κ1) is 21.7. The summed E-state index contributed by atoms with van der Waals surface area (Å²) in [7, 11) is -3.85. The van der Waals surface area contributed by atoms with Crippen LogP contribution in [-0.2, 0) is 21.4 Å². The van der Waals surface area contributed by atoms with Gasteiger partial charge in [0.25, 0.3) is 0 Å².